The summed E-state index contributed by atoms with van der Waals surface area (Å²) in [4.78, 5) is 16.6. The molecule has 0 unspecified atom stereocenters. The summed E-state index contributed by atoms with van der Waals surface area (Å²) in [6.45, 7) is 8.30. The first-order chi connectivity index (χ1) is 15.6. The Kier molecular flexibility index (Phi) is 6.09. The van der Waals surface area contributed by atoms with E-state index >= 15 is 0 Å². The lowest BCUT2D eigenvalue weighted by Crippen LogP contribution is -2.76. The summed E-state index contributed by atoms with van der Waals surface area (Å²) in [6, 6.07) is 21.4. The molecule has 0 radical (unpaired) electrons. The van der Waals surface area contributed by atoms with Crippen LogP contribution in [0.25, 0.3) is 0 Å². The number of hydrogen-bond donors (Lipinski definition) is 2. The van der Waals surface area contributed by atoms with E-state index in [1.165, 1.54) is 12.0 Å². The van der Waals surface area contributed by atoms with Gasteiger partial charge in [-0.2, -0.15) is 0 Å². The third-order valence-corrected chi connectivity index (χ3v) is 8.19. The summed E-state index contributed by atoms with van der Waals surface area (Å²) in [7, 11) is 0. The smallest absolute Gasteiger partial charge is 0.242 e. The Bertz CT molecular complexity index is 915. The van der Waals surface area contributed by atoms with Gasteiger partial charge in [-0.3, -0.25) is 9.69 Å². The van der Waals surface area contributed by atoms with Crippen LogP contribution in [0.1, 0.15) is 37.8 Å². The van der Waals surface area contributed by atoms with Gasteiger partial charge in [0.15, 0.2) is 0 Å². The van der Waals surface area contributed by atoms with E-state index in [0.717, 1.165) is 38.0 Å². The van der Waals surface area contributed by atoms with Crippen LogP contribution >= 0.6 is 0 Å². The lowest BCUT2D eigenvalue weighted by atomic mass is 9.58. The topological polar surface area (TPSA) is 44.4 Å². The van der Waals surface area contributed by atoms with Gasteiger partial charge in [-0.25, -0.2) is 0 Å². The molecule has 0 spiro atoms. The number of carbonyl (C=O) groups excluding carboxylic acids is 1. The molecule has 0 aromatic heterocycles. The van der Waals surface area contributed by atoms with Gasteiger partial charge >= 0.3 is 0 Å². The first-order valence-corrected chi connectivity index (χ1v) is 12.4. The second-order valence-corrected chi connectivity index (χ2v) is 10.6. The minimum atomic E-state index is -0.458. The van der Waals surface area contributed by atoms with E-state index < -0.39 is 5.54 Å². The molecule has 2 aromatic carbocycles. The third kappa shape index (κ3) is 3.88. The monoisotopic (exact) mass is 431 g/mol. The van der Waals surface area contributed by atoms with Crippen LogP contribution in [0.15, 0.2) is 60.7 Å². The highest BCUT2D eigenvalue weighted by Crippen LogP contribution is 2.53. The lowest BCUT2D eigenvalue weighted by Gasteiger charge is -2.56. The zero-order valence-electron chi connectivity index (χ0n) is 19.5. The van der Waals surface area contributed by atoms with Crippen LogP contribution in [0.4, 0.5) is 0 Å². The van der Waals surface area contributed by atoms with E-state index in [1.54, 1.807) is 0 Å². The SMILES string of the molecule is CC(C)CCN1C[C@@H]2C[C@H]3CN[C@]2(C(=O)NCc2ccccc2)[C@@H]1[C@@H]3Cc1ccccc1. The van der Waals surface area contributed by atoms with E-state index in [9.17, 15) is 4.79 Å². The van der Waals surface area contributed by atoms with Crippen LogP contribution < -0.4 is 10.6 Å². The normalized spacial score (nSPS) is 31.2. The molecular formula is C28H37N3O. The number of carbonyl (C=O) groups is 1. The quantitative estimate of drug-likeness (QED) is 0.667. The largest absolute Gasteiger partial charge is 0.350 e. The maximum Gasteiger partial charge on any atom is 0.242 e. The minimum Gasteiger partial charge on any atom is -0.350 e. The van der Waals surface area contributed by atoms with Crippen molar-refractivity contribution < 1.29 is 4.79 Å². The number of rotatable bonds is 8. The van der Waals surface area contributed by atoms with Gasteiger partial charge in [-0.1, -0.05) is 74.5 Å². The van der Waals surface area contributed by atoms with Gasteiger partial charge in [0, 0.05) is 25.0 Å². The van der Waals surface area contributed by atoms with Crippen molar-refractivity contribution in [3.8, 4) is 0 Å². The van der Waals surface area contributed by atoms with Crippen molar-refractivity contribution in [3.63, 3.8) is 0 Å². The maximum absolute atomic E-state index is 13.9. The molecule has 170 valence electrons. The predicted octanol–water partition coefficient (Wildman–Crippen LogP) is 3.87. The highest BCUT2D eigenvalue weighted by atomic mass is 16.2. The molecule has 1 saturated carbocycles. The number of likely N-dealkylation sites (tertiary alicyclic amines) is 1. The molecule has 5 atom stereocenters. The van der Waals surface area contributed by atoms with Crippen molar-refractivity contribution in [2.24, 2.45) is 23.7 Å². The third-order valence-electron chi connectivity index (χ3n) is 8.19. The molecule has 32 heavy (non-hydrogen) atoms. The summed E-state index contributed by atoms with van der Waals surface area (Å²) in [6.07, 6.45) is 3.42. The van der Waals surface area contributed by atoms with Crippen molar-refractivity contribution in [2.75, 3.05) is 19.6 Å². The standard InChI is InChI=1S/C28H37N3O/c1-20(2)13-14-31-19-24-16-23-18-30-28(24,27(32)29-17-22-11-7-4-8-12-22)26(31)25(23)15-21-9-5-3-6-10-21/h3-12,20,23-26,30H,13-19H2,1-2H3,(H,29,32)/t23-,24-,25+,26-,28-/m0/s1. The predicted molar refractivity (Wildman–Crippen MR) is 129 cm³/mol. The van der Waals surface area contributed by atoms with Crippen molar-refractivity contribution in [3.05, 3.63) is 71.8 Å². The van der Waals surface area contributed by atoms with Gasteiger partial charge in [0.2, 0.25) is 5.91 Å². The van der Waals surface area contributed by atoms with Crippen LogP contribution in [0.5, 0.6) is 0 Å². The Balaban J connectivity index is 1.42. The van der Waals surface area contributed by atoms with Crippen molar-refractivity contribution in [1.82, 2.24) is 15.5 Å². The number of fused-ring (bicyclic) bond motifs is 1. The van der Waals surface area contributed by atoms with E-state index in [0.29, 0.717) is 30.2 Å². The average molecular weight is 432 g/mol. The summed E-state index contributed by atoms with van der Waals surface area (Å²) in [5.41, 5.74) is 2.10. The van der Waals surface area contributed by atoms with Gasteiger partial charge in [0.25, 0.3) is 0 Å². The van der Waals surface area contributed by atoms with Crippen LogP contribution in [0, 0.1) is 23.7 Å². The number of hydrogen-bond acceptors (Lipinski definition) is 3. The van der Waals surface area contributed by atoms with Gasteiger partial charge in [0.1, 0.15) is 5.54 Å². The highest BCUT2D eigenvalue weighted by molar-refractivity contribution is 5.89. The van der Waals surface area contributed by atoms with Gasteiger partial charge < -0.3 is 10.6 Å². The van der Waals surface area contributed by atoms with Crippen molar-refractivity contribution in [1.29, 1.82) is 0 Å². The molecule has 1 amide bonds. The second-order valence-electron chi connectivity index (χ2n) is 10.6. The summed E-state index contributed by atoms with van der Waals surface area (Å²) in [5, 5.41) is 7.14. The number of amides is 1. The molecule has 2 N–H and O–H groups in total. The van der Waals surface area contributed by atoms with Gasteiger partial charge in [-0.05, 0) is 61.2 Å². The van der Waals surface area contributed by atoms with Gasteiger partial charge in [-0.15, -0.1) is 0 Å². The molecule has 1 aliphatic carbocycles. The number of benzene rings is 2. The Morgan fingerprint density at radius 2 is 1.78 bits per heavy atom. The van der Waals surface area contributed by atoms with E-state index in [2.05, 4.69) is 71.8 Å². The molecule has 3 heterocycles. The minimum absolute atomic E-state index is 0.208. The fourth-order valence-corrected chi connectivity index (χ4v) is 6.66. The van der Waals surface area contributed by atoms with Crippen LogP contribution in [0.2, 0.25) is 0 Å². The van der Waals surface area contributed by atoms with E-state index in [4.69, 9.17) is 0 Å². The number of piperidine rings is 2. The molecule has 2 aromatic rings. The number of nitrogens with one attached hydrogen (secondary N) is 2. The maximum atomic E-state index is 13.9. The molecule has 4 nitrogen and oxygen atoms in total. The number of nitrogens with zero attached hydrogens (tertiary/aromatic N) is 1. The average Bonchev–Trinajstić information content (AvgIpc) is 3.08. The second kappa shape index (κ2) is 8.99. The Morgan fingerprint density at radius 1 is 1.09 bits per heavy atom. The fourth-order valence-electron chi connectivity index (χ4n) is 6.66. The first kappa shape index (κ1) is 21.7. The van der Waals surface area contributed by atoms with Crippen LogP contribution in [-0.2, 0) is 17.8 Å². The van der Waals surface area contributed by atoms with Crippen molar-refractivity contribution in [2.45, 2.75) is 51.2 Å². The van der Waals surface area contributed by atoms with Crippen LogP contribution in [0.3, 0.4) is 0 Å². The molecule has 4 bridgehead atoms. The molecule has 4 heteroatoms. The molecule has 4 fully saturated rings. The Hall–Kier alpha value is -2.17. The lowest BCUT2D eigenvalue weighted by molar-refractivity contribution is -0.138. The molecule has 3 saturated heterocycles. The molecular weight excluding hydrogens is 394 g/mol. The first-order valence-electron chi connectivity index (χ1n) is 12.4. The van der Waals surface area contributed by atoms with Gasteiger partial charge in [0.05, 0.1) is 0 Å². The van der Waals surface area contributed by atoms with Crippen molar-refractivity contribution >= 4 is 5.91 Å². The summed E-state index contributed by atoms with van der Waals surface area (Å²) >= 11 is 0. The highest BCUT2D eigenvalue weighted by Gasteiger charge is 2.67. The summed E-state index contributed by atoms with van der Waals surface area (Å²) < 4.78 is 0. The van der Waals surface area contributed by atoms with Crippen LogP contribution in [-0.4, -0.2) is 42.0 Å². The molecule has 4 aliphatic rings. The Labute approximate surface area is 192 Å². The fraction of sp³-hybridized carbons (Fsp3) is 0.536. The van der Waals surface area contributed by atoms with E-state index in [-0.39, 0.29) is 11.9 Å². The van der Waals surface area contributed by atoms with E-state index in [1.807, 2.05) is 18.2 Å². The molecule has 3 aliphatic heterocycles. The Morgan fingerprint density at radius 3 is 2.47 bits per heavy atom. The summed E-state index contributed by atoms with van der Waals surface area (Å²) in [5.74, 6) is 2.46. The zero-order valence-corrected chi connectivity index (χ0v) is 19.5. The zero-order chi connectivity index (χ0) is 22.1. The molecule has 6 rings (SSSR count).